The van der Waals surface area contributed by atoms with Crippen molar-refractivity contribution in [3.63, 3.8) is 0 Å². The van der Waals surface area contributed by atoms with Crippen LogP contribution in [0.4, 0.5) is 18.9 Å². The molecule has 7 heteroatoms. The summed E-state index contributed by atoms with van der Waals surface area (Å²) in [5.41, 5.74) is 6.20. The molecule has 1 aromatic carbocycles. The second-order valence-electron chi connectivity index (χ2n) is 4.70. The van der Waals surface area contributed by atoms with Crippen LogP contribution in [0.1, 0.15) is 21.6 Å². The fourth-order valence-corrected chi connectivity index (χ4v) is 1.88. The van der Waals surface area contributed by atoms with E-state index >= 15 is 0 Å². The second-order valence-corrected chi connectivity index (χ2v) is 4.70. The first-order valence-corrected chi connectivity index (χ1v) is 6.13. The van der Waals surface area contributed by atoms with Gasteiger partial charge in [0.25, 0.3) is 5.91 Å². The third-order valence-corrected chi connectivity index (χ3v) is 2.98. The Labute approximate surface area is 119 Å². The van der Waals surface area contributed by atoms with Crippen LogP contribution < -0.4 is 5.73 Å². The molecule has 0 atom stereocenters. The largest absolute Gasteiger partial charge is 0.416 e. The monoisotopic (exact) mass is 297 g/mol. The van der Waals surface area contributed by atoms with E-state index in [1.54, 1.807) is 7.05 Å². The Morgan fingerprint density at radius 1 is 1.29 bits per heavy atom. The van der Waals surface area contributed by atoms with E-state index in [0.717, 1.165) is 12.1 Å². The van der Waals surface area contributed by atoms with Crippen LogP contribution in [0.25, 0.3) is 0 Å². The zero-order chi connectivity index (χ0) is 15.6. The van der Waals surface area contributed by atoms with Gasteiger partial charge >= 0.3 is 6.18 Å². The second kappa shape index (κ2) is 5.51. The van der Waals surface area contributed by atoms with E-state index in [0.29, 0.717) is 16.9 Å². The summed E-state index contributed by atoms with van der Waals surface area (Å²) in [7, 11) is 1.57. The molecule has 0 bridgehead atoms. The summed E-state index contributed by atoms with van der Waals surface area (Å²) in [5, 5.41) is 0. The van der Waals surface area contributed by atoms with Crippen LogP contribution in [0.5, 0.6) is 0 Å². The Kier molecular flexibility index (Phi) is 3.93. The molecule has 1 amide bonds. The number of rotatable bonds is 3. The Morgan fingerprint density at radius 2 is 1.90 bits per heavy atom. The average molecular weight is 297 g/mol. The van der Waals surface area contributed by atoms with Crippen molar-refractivity contribution in [1.29, 1.82) is 0 Å². The first-order valence-electron chi connectivity index (χ1n) is 6.13. The number of H-pyrrole nitrogens is 1. The molecule has 1 aromatic heterocycles. The molecule has 0 aliphatic rings. The van der Waals surface area contributed by atoms with Crippen LogP contribution in [0, 0.1) is 0 Å². The van der Waals surface area contributed by atoms with E-state index in [9.17, 15) is 18.0 Å². The Hall–Kier alpha value is -2.44. The van der Waals surface area contributed by atoms with Crippen molar-refractivity contribution in [2.75, 3.05) is 12.8 Å². The number of anilines is 1. The lowest BCUT2D eigenvalue weighted by molar-refractivity contribution is -0.137. The van der Waals surface area contributed by atoms with E-state index in [1.165, 1.54) is 29.3 Å². The number of aromatic amines is 1. The van der Waals surface area contributed by atoms with Gasteiger partial charge in [-0.05, 0) is 23.8 Å². The molecule has 0 aliphatic carbocycles. The number of hydrogen-bond acceptors (Lipinski definition) is 2. The summed E-state index contributed by atoms with van der Waals surface area (Å²) in [5.74, 6) is -0.286. The maximum atomic E-state index is 12.5. The van der Waals surface area contributed by atoms with Crippen LogP contribution in [0.2, 0.25) is 0 Å². The minimum atomic E-state index is -4.36. The van der Waals surface area contributed by atoms with Gasteiger partial charge in [-0.3, -0.25) is 4.79 Å². The third-order valence-electron chi connectivity index (χ3n) is 2.98. The van der Waals surface area contributed by atoms with Gasteiger partial charge in [0, 0.05) is 25.5 Å². The van der Waals surface area contributed by atoms with Crippen LogP contribution in [-0.4, -0.2) is 22.8 Å². The number of benzene rings is 1. The van der Waals surface area contributed by atoms with Crippen molar-refractivity contribution < 1.29 is 18.0 Å². The SMILES string of the molecule is CN(Cc1ccc(C(F)(F)F)cc1)C(=O)c1cc(N)c[nH]1. The molecule has 112 valence electrons. The molecular formula is C14H14F3N3O. The molecule has 0 aliphatic heterocycles. The zero-order valence-corrected chi connectivity index (χ0v) is 11.2. The van der Waals surface area contributed by atoms with E-state index in [-0.39, 0.29) is 12.5 Å². The van der Waals surface area contributed by atoms with Crippen molar-refractivity contribution in [3.8, 4) is 0 Å². The van der Waals surface area contributed by atoms with Gasteiger partial charge in [-0.25, -0.2) is 0 Å². The van der Waals surface area contributed by atoms with Crippen LogP contribution in [0.3, 0.4) is 0 Å². The van der Waals surface area contributed by atoms with Crippen molar-refractivity contribution >= 4 is 11.6 Å². The molecule has 4 nitrogen and oxygen atoms in total. The zero-order valence-electron chi connectivity index (χ0n) is 11.2. The number of nitrogens with one attached hydrogen (secondary N) is 1. The van der Waals surface area contributed by atoms with E-state index in [1.807, 2.05) is 0 Å². The van der Waals surface area contributed by atoms with Gasteiger partial charge in [-0.1, -0.05) is 12.1 Å². The molecule has 0 radical (unpaired) electrons. The van der Waals surface area contributed by atoms with Crippen molar-refractivity contribution in [1.82, 2.24) is 9.88 Å². The average Bonchev–Trinajstić information content (AvgIpc) is 2.84. The maximum Gasteiger partial charge on any atom is 0.416 e. The number of aromatic nitrogens is 1. The number of nitrogens with two attached hydrogens (primary N) is 1. The molecule has 0 unspecified atom stereocenters. The highest BCUT2D eigenvalue weighted by atomic mass is 19.4. The lowest BCUT2D eigenvalue weighted by atomic mass is 10.1. The molecule has 0 saturated carbocycles. The van der Waals surface area contributed by atoms with Crippen LogP contribution in [-0.2, 0) is 12.7 Å². The van der Waals surface area contributed by atoms with Gasteiger partial charge in [-0.2, -0.15) is 13.2 Å². The summed E-state index contributed by atoms with van der Waals surface area (Å²) >= 11 is 0. The number of carbonyl (C=O) groups is 1. The van der Waals surface area contributed by atoms with E-state index < -0.39 is 11.7 Å². The number of nitrogens with zero attached hydrogens (tertiary/aromatic N) is 1. The minimum absolute atomic E-state index is 0.204. The first-order chi connectivity index (χ1) is 9.77. The molecule has 0 saturated heterocycles. The van der Waals surface area contributed by atoms with Gasteiger partial charge in [0.2, 0.25) is 0 Å². The summed E-state index contributed by atoms with van der Waals surface area (Å²) in [6.45, 7) is 0.204. The van der Waals surface area contributed by atoms with Gasteiger partial charge in [0.15, 0.2) is 0 Å². The maximum absolute atomic E-state index is 12.5. The number of halogens is 3. The topological polar surface area (TPSA) is 62.1 Å². The lowest BCUT2D eigenvalue weighted by Gasteiger charge is -2.17. The highest BCUT2D eigenvalue weighted by Gasteiger charge is 2.30. The molecule has 1 heterocycles. The summed E-state index contributed by atoms with van der Waals surface area (Å²) in [4.78, 5) is 16.2. The van der Waals surface area contributed by atoms with Crippen molar-refractivity contribution in [2.45, 2.75) is 12.7 Å². The van der Waals surface area contributed by atoms with Gasteiger partial charge in [-0.15, -0.1) is 0 Å². The molecule has 21 heavy (non-hydrogen) atoms. The van der Waals surface area contributed by atoms with Gasteiger partial charge in [0.1, 0.15) is 5.69 Å². The van der Waals surface area contributed by atoms with Crippen molar-refractivity contribution in [3.05, 3.63) is 53.3 Å². The number of carbonyl (C=O) groups excluding carboxylic acids is 1. The van der Waals surface area contributed by atoms with Crippen LogP contribution in [0.15, 0.2) is 36.5 Å². The Balaban J connectivity index is 2.06. The van der Waals surface area contributed by atoms with E-state index in [4.69, 9.17) is 5.73 Å². The standard InChI is InChI=1S/C14H14F3N3O/c1-20(13(21)12-6-11(18)7-19-12)8-9-2-4-10(5-3-9)14(15,16)17/h2-7,19H,8,18H2,1H3. The molecule has 2 aromatic rings. The Morgan fingerprint density at radius 3 is 2.38 bits per heavy atom. The highest BCUT2D eigenvalue weighted by molar-refractivity contribution is 5.93. The smallest absolute Gasteiger partial charge is 0.397 e. The molecule has 0 fully saturated rings. The number of amides is 1. The fraction of sp³-hybridized carbons (Fsp3) is 0.214. The number of alkyl halides is 3. The Bertz CT molecular complexity index is 632. The highest BCUT2D eigenvalue weighted by Crippen LogP contribution is 2.29. The molecule has 0 spiro atoms. The van der Waals surface area contributed by atoms with Crippen molar-refractivity contribution in [2.24, 2.45) is 0 Å². The molecular weight excluding hydrogens is 283 g/mol. The van der Waals surface area contributed by atoms with Gasteiger partial charge < -0.3 is 15.6 Å². The lowest BCUT2D eigenvalue weighted by Crippen LogP contribution is -2.26. The van der Waals surface area contributed by atoms with Crippen LogP contribution >= 0.6 is 0 Å². The third kappa shape index (κ3) is 3.56. The summed E-state index contributed by atoms with van der Waals surface area (Å²) < 4.78 is 37.4. The van der Waals surface area contributed by atoms with E-state index in [2.05, 4.69) is 4.98 Å². The molecule has 3 N–H and O–H groups in total. The normalized spacial score (nSPS) is 11.4. The summed E-state index contributed by atoms with van der Waals surface area (Å²) in [6, 6.07) is 6.22. The minimum Gasteiger partial charge on any atom is -0.397 e. The predicted molar refractivity (Wildman–Crippen MR) is 72.4 cm³/mol. The number of hydrogen-bond donors (Lipinski definition) is 2. The molecule has 2 rings (SSSR count). The van der Waals surface area contributed by atoms with Gasteiger partial charge in [0.05, 0.1) is 5.56 Å². The first kappa shape index (κ1) is 15.0. The number of nitrogen functional groups attached to an aromatic ring is 1. The fourth-order valence-electron chi connectivity index (χ4n) is 1.88. The predicted octanol–water partition coefficient (Wildman–Crippen LogP) is 2.89. The summed E-state index contributed by atoms with van der Waals surface area (Å²) in [6.07, 6.45) is -2.86. The quantitative estimate of drug-likeness (QED) is 0.915.